The van der Waals surface area contributed by atoms with Gasteiger partial charge in [0.05, 0.1) is 11.6 Å². The van der Waals surface area contributed by atoms with Gasteiger partial charge in [0.2, 0.25) is 0 Å². The largest absolute Gasteiger partial charge is 0.372 e. The molecule has 0 aromatic heterocycles. The van der Waals surface area contributed by atoms with E-state index in [4.69, 9.17) is 5.26 Å². The molecule has 0 N–H and O–H groups in total. The first-order valence-corrected chi connectivity index (χ1v) is 23.3. The molecule has 0 amide bonds. The highest BCUT2D eigenvalue weighted by atomic mass is 15.1. The third kappa shape index (κ3) is 26.8. The van der Waals surface area contributed by atoms with Crippen LogP contribution in [0.15, 0.2) is 48.5 Å². The molecule has 0 fully saturated rings. The maximum atomic E-state index is 9.07. The molecule has 0 heterocycles. The number of rotatable bonds is 37. The van der Waals surface area contributed by atoms with E-state index in [9.17, 15) is 0 Å². The van der Waals surface area contributed by atoms with Crippen LogP contribution < -0.4 is 4.90 Å². The molecular formula is C51H84N2. The molecule has 0 saturated heterocycles. The van der Waals surface area contributed by atoms with E-state index >= 15 is 0 Å². The molecule has 0 radical (unpaired) electrons. The zero-order valence-electron chi connectivity index (χ0n) is 35.2. The maximum Gasteiger partial charge on any atom is 0.0991 e. The number of hydrogen-bond donors (Lipinski definition) is 0. The van der Waals surface area contributed by atoms with Crippen LogP contribution in [0.4, 0.5) is 5.69 Å². The smallest absolute Gasteiger partial charge is 0.0991 e. The second-order valence-corrected chi connectivity index (χ2v) is 16.3. The molecule has 0 spiro atoms. The molecule has 2 rings (SSSR count). The van der Waals surface area contributed by atoms with Crippen LogP contribution in [0.3, 0.4) is 0 Å². The highest BCUT2D eigenvalue weighted by Gasteiger charge is 2.07. The minimum atomic E-state index is 0.709. The fraction of sp³-hybridized carbons (Fsp3) is 0.706. The minimum absolute atomic E-state index is 0.709. The molecule has 2 aromatic carbocycles. The van der Waals surface area contributed by atoms with Crippen molar-refractivity contribution in [3.05, 3.63) is 65.2 Å². The number of unbranched alkanes of at least 4 members (excludes halogenated alkanes) is 30. The Hall–Kier alpha value is -2.53. The predicted octanol–water partition coefficient (Wildman–Crippen LogP) is 17.1. The lowest BCUT2D eigenvalue weighted by atomic mass is 10.0. The Morgan fingerprint density at radius 1 is 0.377 bits per heavy atom. The Morgan fingerprint density at radius 2 is 0.642 bits per heavy atom. The van der Waals surface area contributed by atoms with Crippen LogP contribution in [0.2, 0.25) is 0 Å². The molecule has 2 nitrogen and oxygen atoms in total. The zero-order valence-corrected chi connectivity index (χ0v) is 35.2. The lowest BCUT2D eigenvalue weighted by Crippen LogP contribution is -2.25. The predicted molar refractivity (Wildman–Crippen MR) is 238 cm³/mol. The van der Waals surface area contributed by atoms with Gasteiger partial charge in [0.15, 0.2) is 0 Å². The van der Waals surface area contributed by atoms with Crippen LogP contribution >= 0.6 is 0 Å². The molecule has 2 heteroatoms. The van der Waals surface area contributed by atoms with Crippen molar-refractivity contribution in [3.63, 3.8) is 0 Å². The van der Waals surface area contributed by atoms with E-state index in [-0.39, 0.29) is 0 Å². The normalized spacial score (nSPS) is 11.4. The lowest BCUT2D eigenvalue weighted by Gasteiger charge is -2.25. The maximum absolute atomic E-state index is 9.07. The number of nitrogens with zero attached hydrogens (tertiary/aromatic N) is 2. The van der Waals surface area contributed by atoms with Crippen LogP contribution in [-0.4, -0.2) is 13.1 Å². The van der Waals surface area contributed by atoms with E-state index in [1.165, 1.54) is 230 Å². The summed E-state index contributed by atoms with van der Waals surface area (Å²) < 4.78 is 0. The van der Waals surface area contributed by atoms with Gasteiger partial charge in [-0.25, -0.2) is 0 Å². The van der Waals surface area contributed by atoms with Crippen molar-refractivity contribution in [1.82, 2.24) is 0 Å². The number of nitriles is 1. The molecule has 2 aromatic rings. The van der Waals surface area contributed by atoms with Crippen molar-refractivity contribution in [2.75, 3.05) is 18.0 Å². The molecule has 0 unspecified atom stereocenters. The standard InChI is InChI=1S/C51H84N2/c1-3-5-7-9-11-13-15-17-19-21-23-25-27-29-31-33-45-53(46-34-32-30-28-26-24-22-20-18-16-14-12-10-8-6-4-2)51-43-41-49(42-44-51)36-35-48-37-39-50(47-52)40-38-48/h35-44H,3-34,45-46H2,1-2H3/b36-35+. The monoisotopic (exact) mass is 725 g/mol. The fourth-order valence-electron chi connectivity index (χ4n) is 7.73. The van der Waals surface area contributed by atoms with Gasteiger partial charge in [-0.1, -0.05) is 243 Å². The molecule has 0 aliphatic rings. The van der Waals surface area contributed by atoms with E-state index in [2.05, 4.69) is 61.2 Å². The molecule has 0 saturated carbocycles. The van der Waals surface area contributed by atoms with E-state index < -0.39 is 0 Å². The summed E-state index contributed by atoms with van der Waals surface area (Å²) in [7, 11) is 0. The summed E-state index contributed by atoms with van der Waals surface area (Å²) in [4.78, 5) is 2.67. The van der Waals surface area contributed by atoms with Crippen molar-refractivity contribution in [1.29, 1.82) is 5.26 Å². The van der Waals surface area contributed by atoms with Crippen molar-refractivity contribution >= 4 is 17.8 Å². The molecule has 0 bridgehead atoms. The average molecular weight is 725 g/mol. The van der Waals surface area contributed by atoms with Gasteiger partial charge < -0.3 is 4.90 Å². The summed E-state index contributed by atoms with van der Waals surface area (Å²) in [5, 5.41) is 9.07. The van der Waals surface area contributed by atoms with E-state index in [0.29, 0.717) is 5.56 Å². The van der Waals surface area contributed by atoms with Crippen LogP contribution in [-0.2, 0) is 0 Å². The van der Waals surface area contributed by atoms with Crippen LogP contribution in [0.5, 0.6) is 0 Å². The van der Waals surface area contributed by atoms with E-state index in [1.54, 1.807) is 0 Å². The van der Waals surface area contributed by atoms with Crippen LogP contribution in [0.1, 0.15) is 236 Å². The summed E-state index contributed by atoms with van der Waals surface area (Å²) in [6.07, 6.45) is 49.8. The molecule has 298 valence electrons. The van der Waals surface area contributed by atoms with Crippen molar-refractivity contribution < 1.29 is 0 Å². The molecule has 0 aliphatic heterocycles. The summed E-state index contributed by atoms with van der Waals surface area (Å²) in [6, 6.07) is 19.2. The second kappa shape index (κ2) is 35.2. The summed E-state index contributed by atoms with van der Waals surface area (Å²) in [5.74, 6) is 0. The Balaban J connectivity index is 1.63. The van der Waals surface area contributed by atoms with Gasteiger partial charge in [0.25, 0.3) is 0 Å². The number of hydrogen-bond acceptors (Lipinski definition) is 2. The molecule has 0 aliphatic carbocycles. The van der Waals surface area contributed by atoms with Gasteiger partial charge in [0, 0.05) is 18.8 Å². The van der Waals surface area contributed by atoms with Gasteiger partial charge in [0.1, 0.15) is 0 Å². The SMILES string of the molecule is CCCCCCCCCCCCCCCCCCN(CCCCCCCCCCCCCCCCCC)c1ccc(/C=C/c2ccc(C#N)cc2)cc1. The van der Waals surface area contributed by atoms with Gasteiger partial charge in [-0.05, 0) is 48.2 Å². The first kappa shape index (κ1) is 46.6. The van der Waals surface area contributed by atoms with Gasteiger partial charge in [-0.3, -0.25) is 0 Å². The molecule has 0 atom stereocenters. The third-order valence-corrected chi connectivity index (χ3v) is 11.3. The topological polar surface area (TPSA) is 27.0 Å². The Labute approximate surface area is 330 Å². The first-order valence-electron chi connectivity index (χ1n) is 23.3. The summed E-state index contributed by atoms with van der Waals surface area (Å²) in [6.45, 7) is 6.97. The highest BCUT2D eigenvalue weighted by Crippen LogP contribution is 2.21. The Bertz CT molecular complexity index is 1090. The minimum Gasteiger partial charge on any atom is -0.372 e. The van der Waals surface area contributed by atoms with Crippen LogP contribution in [0.25, 0.3) is 12.2 Å². The zero-order chi connectivity index (χ0) is 37.7. The number of anilines is 1. The Kier molecular flexibility index (Phi) is 31.0. The van der Waals surface area contributed by atoms with Gasteiger partial charge in [-0.2, -0.15) is 5.26 Å². The Morgan fingerprint density at radius 3 is 0.925 bits per heavy atom. The van der Waals surface area contributed by atoms with E-state index in [1.807, 2.05) is 24.3 Å². The third-order valence-electron chi connectivity index (χ3n) is 11.3. The van der Waals surface area contributed by atoms with Crippen molar-refractivity contribution in [3.8, 4) is 6.07 Å². The fourth-order valence-corrected chi connectivity index (χ4v) is 7.73. The van der Waals surface area contributed by atoms with Gasteiger partial charge in [-0.15, -0.1) is 0 Å². The van der Waals surface area contributed by atoms with E-state index in [0.717, 1.165) is 5.56 Å². The average Bonchev–Trinajstić information content (AvgIpc) is 3.19. The number of benzene rings is 2. The quantitative estimate of drug-likeness (QED) is 0.0512. The molecule has 53 heavy (non-hydrogen) atoms. The van der Waals surface area contributed by atoms with Crippen molar-refractivity contribution in [2.24, 2.45) is 0 Å². The highest BCUT2D eigenvalue weighted by molar-refractivity contribution is 5.70. The van der Waals surface area contributed by atoms with Crippen molar-refractivity contribution in [2.45, 2.75) is 219 Å². The van der Waals surface area contributed by atoms with Crippen LogP contribution in [0, 0.1) is 11.3 Å². The summed E-state index contributed by atoms with van der Waals surface area (Å²) in [5.41, 5.74) is 4.44. The van der Waals surface area contributed by atoms with Gasteiger partial charge >= 0.3 is 0 Å². The lowest BCUT2D eigenvalue weighted by molar-refractivity contribution is 0.524. The molecular weight excluding hydrogens is 641 g/mol. The summed E-state index contributed by atoms with van der Waals surface area (Å²) >= 11 is 0. The first-order chi connectivity index (χ1) is 26.3. The second-order valence-electron chi connectivity index (χ2n) is 16.3.